The highest BCUT2D eigenvalue weighted by atomic mass is 16.5. The first-order valence-corrected chi connectivity index (χ1v) is 8.99. The van der Waals surface area contributed by atoms with Crippen LogP contribution in [0.15, 0.2) is 48.5 Å². The van der Waals surface area contributed by atoms with Crippen molar-refractivity contribution in [2.75, 3.05) is 6.61 Å². The molecule has 2 aliphatic rings. The van der Waals surface area contributed by atoms with Gasteiger partial charge < -0.3 is 15.2 Å². The van der Waals surface area contributed by atoms with E-state index in [1.807, 2.05) is 24.3 Å². The summed E-state index contributed by atoms with van der Waals surface area (Å²) in [5.41, 5.74) is 4.68. The summed E-state index contributed by atoms with van der Waals surface area (Å²) in [5.74, 6) is -1.37. The zero-order chi connectivity index (χ0) is 18.1. The zero-order valence-electron chi connectivity index (χ0n) is 14.4. The Bertz CT molecular complexity index is 802. The molecular formula is C21H21NO4. The van der Waals surface area contributed by atoms with Crippen molar-refractivity contribution in [3.8, 4) is 11.1 Å². The van der Waals surface area contributed by atoms with Gasteiger partial charge in [0.25, 0.3) is 0 Å². The van der Waals surface area contributed by atoms with Gasteiger partial charge in [0, 0.05) is 12.0 Å². The lowest BCUT2D eigenvalue weighted by Gasteiger charge is -2.19. The highest BCUT2D eigenvalue weighted by Gasteiger charge is 2.35. The van der Waals surface area contributed by atoms with Gasteiger partial charge in [-0.25, -0.2) is 4.79 Å². The minimum atomic E-state index is -0.855. The van der Waals surface area contributed by atoms with Gasteiger partial charge in [-0.1, -0.05) is 55.0 Å². The molecule has 1 saturated carbocycles. The molecule has 0 saturated heterocycles. The highest BCUT2D eigenvalue weighted by Crippen LogP contribution is 2.44. The van der Waals surface area contributed by atoms with E-state index in [1.165, 1.54) is 11.1 Å². The van der Waals surface area contributed by atoms with Crippen molar-refractivity contribution in [2.45, 2.75) is 31.2 Å². The Balaban J connectivity index is 1.45. The molecule has 2 aliphatic carbocycles. The molecule has 2 N–H and O–H groups in total. The third kappa shape index (κ3) is 2.94. The number of nitrogens with one attached hydrogen (secondary N) is 1. The average molecular weight is 351 g/mol. The van der Waals surface area contributed by atoms with Crippen molar-refractivity contribution in [1.29, 1.82) is 0 Å². The molecule has 1 amide bonds. The summed E-state index contributed by atoms with van der Waals surface area (Å²) >= 11 is 0. The normalized spacial score (nSPS) is 21.1. The van der Waals surface area contributed by atoms with Crippen molar-refractivity contribution in [1.82, 2.24) is 5.32 Å². The molecule has 5 heteroatoms. The number of hydrogen-bond acceptors (Lipinski definition) is 3. The van der Waals surface area contributed by atoms with Crippen molar-refractivity contribution in [3.63, 3.8) is 0 Å². The molecule has 0 spiro atoms. The Hall–Kier alpha value is -2.82. The molecule has 0 heterocycles. The Labute approximate surface area is 152 Å². The van der Waals surface area contributed by atoms with E-state index in [1.54, 1.807) is 0 Å². The Kier molecular flexibility index (Phi) is 4.37. The summed E-state index contributed by atoms with van der Waals surface area (Å²) in [6, 6.07) is 16.0. The van der Waals surface area contributed by atoms with Crippen LogP contribution in [0.3, 0.4) is 0 Å². The standard InChI is InChI=1S/C21H21NO4/c23-20(24)17-10-5-11-19(17)22-21(25)26-12-18-15-8-3-1-6-13(15)14-7-2-4-9-16(14)18/h1-4,6-9,17-19H,5,10-12H2,(H,22,25)(H,23,24)/t17-,19+/m0/s1. The predicted molar refractivity (Wildman–Crippen MR) is 97.0 cm³/mol. The number of amides is 1. The number of carboxylic acid groups (broad SMARTS) is 1. The summed E-state index contributed by atoms with van der Waals surface area (Å²) in [7, 11) is 0. The minimum absolute atomic E-state index is 0.00648. The van der Waals surface area contributed by atoms with Gasteiger partial charge in [0.05, 0.1) is 5.92 Å². The maximum Gasteiger partial charge on any atom is 0.407 e. The van der Waals surface area contributed by atoms with Crippen molar-refractivity contribution in [2.24, 2.45) is 5.92 Å². The van der Waals surface area contributed by atoms with Crippen molar-refractivity contribution < 1.29 is 19.4 Å². The van der Waals surface area contributed by atoms with E-state index < -0.39 is 18.0 Å². The van der Waals surface area contributed by atoms with Crippen LogP contribution in [-0.4, -0.2) is 29.8 Å². The number of benzene rings is 2. The highest BCUT2D eigenvalue weighted by molar-refractivity contribution is 5.79. The van der Waals surface area contributed by atoms with Gasteiger partial charge in [0.15, 0.2) is 0 Å². The predicted octanol–water partition coefficient (Wildman–Crippen LogP) is 3.78. The molecular weight excluding hydrogens is 330 g/mol. The fourth-order valence-corrected chi connectivity index (χ4v) is 4.22. The van der Waals surface area contributed by atoms with Crippen LogP contribution in [0.2, 0.25) is 0 Å². The SMILES string of the molecule is O=C(N[C@@H]1CCC[C@@H]1C(=O)O)OCC1c2ccccc2-c2ccccc21. The molecule has 0 aromatic heterocycles. The van der Waals surface area contributed by atoms with Gasteiger partial charge in [-0.2, -0.15) is 0 Å². The molecule has 2 atom stereocenters. The minimum Gasteiger partial charge on any atom is -0.481 e. The second-order valence-electron chi connectivity index (χ2n) is 6.95. The molecule has 1 fully saturated rings. The Morgan fingerprint density at radius 1 is 1.00 bits per heavy atom. The number of carbonyl (C=O) groups excluding carboxylic acids is 1. The van der Waals surface area contributed by atoms with E-state index in [9.17, 15) is 14.7 Å². The van der Waals surface area contributed by atoms with Gasteiger partial charge in [-0.3, -0.25) is 4.79 Å². The number of hydrogen-bond donors (Lipinski definition) is 2. The third-order valence-corrected chi connectivity index (χ3v) is 5.48. The second kappa shape index (κ2) is 6.83. The lowest BCUT2D eigenvalue weighted by Crippen LogP contribution is -2.40. The molecule has 0 radical (unpaired) electrons. The van der Waals surface area contributed by atoms with E-state index in [0.29, 0.717) is 12.8 Å². The van der Waals surface area contributed by atoms with E-state index in [4.69, 9.17) is 4.74 Å². The maximum absolute atomic E-state index is 12.2. The van der Waals surface area contributed by atoms with Crippen LogP contribution in [0.1, 0.15) is 36.3 Å². The van der Waals surface area contributed by atoms with Crippen LogP contribution in [0.4, 0.5) is 4.79 Å². The van der Waals surface area contributed by atoms with Crippen molar-refractivity contribution >= 4 is 12.1 Å². The quantitative estimate of drug-likeness (QED) is 0.879. The first-order chi connectivity index (χ1) is 12.6. The number of rotatable bonds is 4. The molecule has 2 aromatic rings. The molecule has 0 aliphatic heterocycles. The third-order valence-electron chi connectivity index (χ3n) is 5.48. The fraction of sp³-hybridized carbons (Fsp3) is 0.333. The topological polar surface area (TPSA) is 75.6 Å². The summed E-state index contributed by atoms with van der Waals surface area (Å²) in [6.07, 6.45) is 1.56. The van der Waals surface area contributed by atoms with Gasteiger partial charge >= 0.3 is 12.1 Å². The van der Waals surface area contributed by atoms with Gasteiger partial charge in [0.1, 0.15) is 6.61 Å². The van der Waals surface area contributed by atoms with E-state index in [0.717, 1.165) is 17.5 Å². The van der Waals surface area contributed by atoms with Crippen LogP contribution in [0.5, 0.6) is 0 Å². The summed E-state index contributed by atoms with van der Waals surface area (Å²) < 4.78 is 5.49. The van der Waals surface area contributed by atoms with Crippen LogP contribution in [0.25, 0.3) is 11.1 Å². The number of carboxylic acids is 1. The fourth-order valence-electron chi connectivity index (χ4n) is 4.22. The largest absolute Gasteiger partial charge is 0.481 e. The smallest absolute Gasteiger partial charge is 0.407 e. The monoisotopic (exact) mass is 351 g/mol. The van der Waals surface area contributed by atoms with Gasteiger partial charge in [-0.15, -0.1) is 0 Å². The Morgan fingerprint density at radius 2 is 1.62 bits per heavy atom. The number of fused-ring (bicyclic) bond motifs is 3. The van der Waals surface area contributed by atoms with Crippen LogP contribution < -0.4 is 5.32 Å². The van der Waals surface area contributed by atoms with Crippen molar-refractivity contribution in [3.05, 3.63) is 59.7 Å². The van der Waals surface area contributed by atoms with Crippen LogP contribution in [0, 0.1) is 5.92 Å². The average Bonchev–Trinajstić information content (AvgIpc) is 3.23. The Morgan fingerprint density at radius 3 is 2.23 bits per heavy atom. The first-order valence-electron chi connectivity index (χ1n) is 8.99. The molecule has 2 aromatic carbocycles. The van der Waals surface area contributed by atoms with Crippen LogP contribution in [-0.2, 0) is 9.53 Å². The summed E-state index contributed by atoms with van der Waals surface area (Å²) in [5, 5.41) is 12.0. The van der Waals surface area contributed by atoms with E-state index in [-0.39, 0.29) is 18.6 Å². The number of aliphatic carboxylic acids is 1. The summed E-state index contributed by atoms with van der Waals surface area (Å²) in [4.78, 5) is 23.5. The molecule has 4 rings (SSSR count). The number of ether oxygens (including phenoxy) is 1. The lowest BCUT2D eigenvalue weighted by atomic mass is 9.98. The van der Waals surface area contributed by atoms with E-state index >= 15 is 0 Å². The lowest BCUT2D eigenvalue weighted by molar-refractivity contribution is -0.142. The molecule has 134 valence electrons. The number of carbonyl (C=O) groups is 2. The molecule has 26 heavy (non-hydrogen) atoms. The number of alkyl carbamates (subject to hydrolysis) is 1. The second-order valence-corrected chi connectivity index (χ2v) is 6.95. The maximum atomic E-state index is 12.2. The zero-order valence-corrected chi connectivity index (χ0v) is 14.4. The first kappa shape index (κ1) is 16.6. The summed E-state index contributed by atoms with van der Waals surface area (Å²) in [6.45, 7) is 0.240. The van der Waals surface area contributed by atoms with Crippen LogP contribution >= 0.6 is 0 Å². The molecule has 0 unspecified atom stereocenters. The molecule has 5 nitrogen and oxygen atoms in total. The van der Waals surface area contributed by atoms with Gasteiger partial charge in [-0.05, 0) is 35.1 Å². The molecule has 0 bridgehead atoms. The van der Waals surface area contributed by atoms with Gasteiger partial charge in [0.2, 0.25) is 0 Å². The van der Waals surface area contributed by atoms with E-state index in [2.05, 4.69) is 29.6 Å².